The summed E-state index contributed by atoms with van der Waals surface area (Å²) in [4.78, 5) is 11.3. The quantitative estimate of drug-likeness (QED) is 0.942. The number of aromatic carboxylic acids is 1. The molecule has 5 nitrogen and oxygen atoms in total. The van der Waals surface area contributed by atoms with Crippen molar-refractivity contribution in [2.75, 3.05) is 7.11 Å². The molecule has 1 aliphatic rings. The van der Waals surface area contributed by atoms with E-state index in [0.29, 0.717) is 23.7 Å². The molecular formula is C17H19NO4. The van der Waals surface area contributed by atoms with Crippen molar-refractivity contribution >= 4 is 5.97 Å². The van der Waals surface area contributed by atoms with Crippen molar-refractivity contribution in [1.29, 1.82) is 0 Å². The first-order valence-corrected chi connectivity index (χ1v) is 7.32. The molecule has 116 valence electrons. The second-order valence-electron chi connectivity index (χ2n) is 5.64. The van der Waals surface area contributed by atoms with Gasteiger partial charge in [0.2, 0.25) is 0 Å². The van der Waals surface area contributed by atoms with E-state index in [1.807, 2.05) is 36.6 Å². The van der Waals surface area contributed by atoms with Crippen LogP contribution in [0.25, 0.3) is 11.3 Å². The lowest BCUT2D eigenvalue weighted by atomic mass is 9.97. The Labute approximate surface area is 129 Å². The van der Waals surface area contributed by atoms with Crippen LogP contribution >= 0.6 is 0 Å². The molecule has 0 amide bonds. The molecule has 0 aliphatic carbocycles. The van der Waals surface area contributed by atoms with E-state index in [4.69, 9.17) is 9.47 Å². The van der Waals surface area contributed by atoms with Gasteiger partial charge in [-0.1, -0.05) is 0 Å². The molecule has 1 N–H and O–H groups in total. The molecule has 3 rings (SSSR count). The third-order valence-electron chi connectivity index (χ3n) is 3.83. The SMILES string of the molecule is COc1cc2c(cc1OC(C)C)-c1ccc(C(=O)O)n1CC2. The van der Waals surface area contributed by atoms with Crippen LogP contribution in [0, 0.1) is 0 Å². The Morgan fingerprint density at radius 3 is 2.68 bits per heavy atom. The molecular weight excluding hydrogens is 282 g/mol. The van der Waals surface area contributed by atoms with Crippen molar-refractivity contribution in [3.63, 3.8) is 0 Å². The largest absolute Gasteiger partial charge is 0.493 e. The van der Waals surface area contributed by atoms with Gasteiger partial charge in [0, 0.05) is 17.8 Å². The van der Waals surface area contributed by atoms with Crippen LogP contribution in [0.15, 0.2) is 24.3 Å². The van der Waals surface area contributed by atoms with Crippen molar-refractivity contribution in [3.8, 4) is 22.8 Å². The molecule has 1 aromatic carbocycles. The highest BCUT2D eigenvalue weighted by Gasteiger charge is 2.23. The minimum Gasteiger partial charge on any atom is -0.493 e. The standard InChI is InChI=1S/C17H19NO4/c1-10(2)22-16-9-12-11(8-15(16)21-3)6-7-18-13(12)4-5-14(18)17(19)20/h4-5,8-10H,6-7H2,1-3H3,(H,19,20). The van der Waals surface area contributed by atoms with Crippen LogP contribution in [0.2, 0.25) is 0 Å². The third-order valence-corrected chi connectivity index (χ3v) is 3.83. The number of nitrogens with zero attached hydrogens (tertiary/aromatic N) is 1. The molecule has 0 unspecified atom stereocenters. The Balaban J connectivity index is 2.13. The van der Waals surface area contributed by atoms with E-state index in [0.717, 1.165) is 23.2 Å². The lowest BCUT2D eigenvalue weighted by Gasteiger charge is -2.23. The summed E-state index contributed by atoms with van der Waals surface area (Å²) in [5.41, 5.74) is 3.39. The first kappa shape index (κ1) is 14.5. The van der Waals surface area contributed by atoms with Gasteiger partial charge in [-0.05, 0) is 50.1 Å². The minimum absolute atomic E-state index is 0.0388. The van der Waals surface area contributed by atoms with Crippen LogP contribution in [-0.4, -0.2) is 28.9 Å². The lowest BCUT2D eigenvalue weighted by Crippen LogP contribution is -2.16. The van der Waals surface area contributed by atoms with Crippen LogP contribution in [-0.2, 0) is 13.0 Å². The Hall–Kier alpha value is -2.43. The van der Waals surface area contributed by atoms with Gasteiger partial charge in [0.05, 0.1) is 13.2 Å². The summed E-state index contributed by atoms with van der Waals surface area (Å²) in [5.74, 6) is 0.496. The number of rotatable bonds is 4. The molecule has 2 heterocycles. The monoisotopic (exact) mass is 301 g/mol. The van der Waals surface area contributed by atoms with Crippen molar-refractivity contribution in [3.05, 3.63) is 35.5 Å². The first-order chi connectivity index (χ1) is 10.5. The summed E-state index contributed by atoms with van der Waals surface area (Å²) in [6.45, 7) is 4.58. The van der Waals surface area contributed by atoms with Crippen molar-refractivity contribution < 1.29 is 19.4 Å². The minimum atomic E-state index is -0.901. The maximum Gasteiger partial charge on any atom is 0.352 e. The van der Waals surface area contributed by atoms with E-state index in [1.165, 1.54) is 0 Å². The fourth-order valence-corrected chi connectivity index (χ4v) is 2.92. The zero-order valence-corrected chi connectivity index (χ0v) is 12.9. The number of aryl methyl sites for hydroxylation is 1. The van der Waals surface area contributed by atoms with E-state index in [-0.39, 0.29) is 6.10 Å². The third kappa shape index (κ3) is 2.32. The molecule has 0 fully saturated rings. The number of carboxylic acid groups (broad SMARTS) is 1. The molecule has 2 aromatic rings. The van der Waals surface area contributed by atoms with Crippen molar-refractivity contribution in [2.45, 2.75) is 32.9 Å². The number of carboxylic acids is 1. The van der Waals surface area contributed by atoms with Crippen LogP contribution in [0.5, 0.6) is 11.5 Å². The Kier molecular flexibility index (Phi) is 3.56. The highest BCUT2D eigenvalue weighted by molar-refractivity contribution is 5.88. The Morgan fingerprint density at radius 2 is 2.05 bits per heavy atom. The van der Waals surface area contributed by atoms with Gasteiger partial charge in [0.1, 0.15) is 5.69 Å². The maximum absolute atomic E-state index is 11.3. The molecule has 0 spiro atoms. The number of fused-ring (bicyclic) bond motifs is 3. The molecule has 0 atom stereocenters. The van der Waals surface area contributed by atoms with Crippen LogP contribution in [0.1, 0.15) is 29.9 Å². The zero-order chi connectivity index (χ0) is 15.9. The van der Waals surface area contributed by atoms with Gasteiger partial charge in [-0.25, -0.2) is 4.79 Å². The zero-order valence-electron chi connectivity index (χ0n) is 12.9. The molecule has 0 saturated heterocycles. The molecule has 0 saturated carbocycles. The summed E-state index contributed by atoms with van der Waals surface area (Å²) in [5, 5.41) is 9.27. The molecule has 5 heteroatoms. The van der Waals surface area contributed by atoms with Crippen molar-refractivity contribution in [1.82, 2.24) is 4.57 Å². The second kappa shape index (κ2) is 5.40. The van der Waals surface area contributed by atoms with Gasteiger partial charge in [0.25, 0.3) is 0 Å². The van der Waals surface area contributed by atoms with Crippen molar-refractivity contribution in [2.24, 2.45) is 0 Å². The highest BCUT2D eigenvalue weighted by Crippen LogP contribution is 2.39. The highest BCUT2D eigenvalue weighted by atomic mass is 16.5. The first-order valence-electron chi connectivity index (χ1n) is 7.32. The normalized spacial score (nSPS) is 12.7. The topological polar surface area (TPSA) is 60.7 Å². The molecule has 22 heavy (non-hydrogen) atoms. The van der Waals surface area contributed by atoms with E-state index in [2.05, 4.69) is 0 Å². The average Bonchev–Trinajstić information content (AvgIpc) is 2.90. The smallest absolute Gasteiger partial charge is 0.352 e. The maximum atomic E-state index is 11.3. The molecule has 0 bridgehead atoms. The number of hydrogen-bond acceptors (Lipinski definition) is 3. The fourth-order valence-electron chi connectivity index (χ4n) is 2.92. The number of benzene rings is 1. The Morgan fingerprint density at radius 1 is 1.27 bits per heavy atom. The van der Waals surface area contributed by atoms with E-state index >= 15 is 0 Å². The van der Waals surface area contributed by atoms with Crippen LogP contribution < -0.4 is 9.47 Å². The van der Waals surface area contributed by atoms with Gasteiger partial charge < -0.3 is 19.1 Å². The second-order valence-corrected chi connectivity index (χ2v) is 5.64. The van der Waals surface area contributed by atoms with Crippen LogP contribution in [0.4, 0.5) is 0 Å². The molecule has 1 aliphatic heterocycles. The molecule has 0 radical (unpaired) electrons. The number of aromatic nitrogens is 1. The summed E-state index contributed by atoms with van der Waals surface area (Å²) >= 11 is 0. The van der Waals surface area contributed by atoms with Gasteiger partial charge >= 0.3 is 5.97 Å². The number of methoxy groups -OCH3 is 1. The summed E-state index contributed by atoms with van der Waals surface area (Å²) in [6.07, 6.45) is 0.812. The Bertz CT molecular complexity index is 731. The average molecular weight is 301 g/mol. The number of ether oxygens (including phenoxy) is 2. The predicted octanol–water partition coefficient (Wildman–Crippen LogP) is 3.21. The van der Waals surface area contributed by atoms with Gasteiger partial charge in [-0.2, -0.15) is 0 Å². The van der Waals surface area contributed by atoms with E-state index in [9.17, 15) is 9.90 Å². The predicted molar refractivity (Wildman–Crippen MR) is 82.8 cm³/mol. The summed E-state index contributed by atoms with van der Waals surface area (Å²) in [6, 6.07) is 7.45. The lowest BCUT2D eigenvalue weighted by molar-refractivity contribution is 0.0685. The summed E-state index contributed by atoms with van der Waals surface area (Å²) < 4.78 is 13.1. The van der Waals surface area contributed by atoms with Gasteiger partial charge in [-0.3, -0.25) is 0 Å². The van der Waals surface area contributed by atoms with Gasteiger partial charge in [-0.15, -0.1) is 0 Å². The summed E-state index contributed by atoms with van der Waals surface area (Å²) in [7, 11) is 1.63. The fraction of sp³-hybridized carbons (Fsp3) is 0.353. The number of hydrogen-bond donors (Lipinski definition) is 1. The van der Waals surface area contributed by atoms with E-state index in [1.54, 1.807) is 13.2 Å². The van der Waals surface area contributed by atoms with E-state index < -0.39 is 5.97 Å². The van der Waals surface area contributed by atoms with Gasteiger partial charge in [0.15, 0.2) is 11.5 Å². The number of carbonyl (C=O) groups is 1. The van der Waals surface area contributed by atoms with Crippen LogP contribution in [0.3, 0.4) is 0 Å². The molecule has 1 aromatic heterocycles.